The molecule has 1 heterocycles. The molecule has 1 saturated heterocycles. The Balaban J connectivity index is 2.29. The molecule has 2 rings (SSSR count). The van der Waals surface area contributed by atoms with Crippen LogP contribution in [0.25, 0.3) is 0 Å². The SMILES string of the molecule is CCOc1ccc(C2(CC)NC(=O)N(CCCO)C2=O)cc1. The molecule has 1 unspecified atom stereocenters. The van der Waals surface area contributed by atoms with E-state index in [1.54, 1.807) is 12.1 Å². The molecule has 120 valence electrons. The maximum Gasteiger partial charge on any atom is 0.325 e. The highest BCUT2D eigenvalue weighted by molar-refractivity contribution is 6.07. The van der Waals surface area contributed by atoms with Gasteiger partial charge in [0.05, 0.1) is 6.61 Å². The van der Waals surface area contributed by atoms with Crippen LogP contribution in [0.5, 0.6) is 5.75 Å². The van der Waals surface area contributed by atoms with E-state index in [4.69, 9.17) is 9.84 Å². The van der Waals surface area contributed by atoms with E-state index in [2.05, 4.69) is 5.32 Å². The molecule has 22 heavy (non-hydrogen) atoms. The van der Waals surface area contributed by atoms with Crippen LogP contribution in [0.2, 0.25) is 0 Å². The highest BCUT2D eigenvalue weighted by Gasteiger charge is 2.50. The lowest BCUT2D eigenvalue weighted by Gasteiger charge is -2.26. The molecule has 1 fully saturated rings. The molecular formula is C16H22N2O4. The molecule has 0 aromatic heterocycles. The van der Waals surface area contributed by atoms with Gasteiger partial charge in [0, 0.05) is 13.2 Å². The second kappa shape index (κ2) is 6.79. The first kappa shape index (κ1) is 16.3. The number of amides is 3. The van der Waals surface area contributed by atoms with E-state index in [9.17, 15) is 9.59 Å². The van der Waals surface area contributed by atoms with Crippen molar-refractivity contribution >= 4 is 11.9 Å². The monoisotopic (exact) mass is 306 g/mol. The van der Waals surface area contributed by atoms with E-state index in [0.717, 1.165) is 11.3 Å². The molecule has 1 aliphatic rings. The van der Waals surface area contributed by atoms with Gasteiger partial charge in [0.1, 0.15) is 11.3 Å². The molecule has 6 nitrogen and oxygen atoms in total. The summed E-state index contributed by atoms with van der Waals surface area (Å²) in [7, 11) is 0. The van der Waals surface area contributed by atoms with Gasteiger partial charge in [0.25, 0.3) is 5.91 Å². The van der Waals surface area contributed by atoms with Gasteiger partial charge in [0.15, 0.2) is 0 Å². The standard InChI is InChI=1S/C16H22N2O4/c1-3-16(12-6-8-13(9-7-12)22-4-2)14(20)18(10-5-11-19)15(21)17-16/h6-9,19H,3-5,10-11H2,1-2H3,(H,17,21). The molecule has 0 aliphatic carbocycles. The van der Waals surface area contributed by atoms with Crippen LogP contribution in [0.4, 0.5) is 4.79 Å². The van der Waals surface area contributed by atoms with Crippen LogP contribution in [0.1, 0.15) is 32.3 Å². The highest BCUT2D eigenvalue weighted by atomic mass is 16.5. The molecule has 2 N–H and O–H groups in total. The van der Waals surface area contributed by atoms with Gasteiger partial charge in [-0.25, -0.2) is 4.79 Å². The molecule has 3 amide bonds. The smallest absolute Gasteiger partial charge is 0.325 e. The Morgan fingerprint density at radius 2 is 1.91 bits per heavy atom. The number of ether oxygens (including phenoxy) is 1. The molecule has 1 aliphatic heterocycles. The minimum Gasteiger partial charge on any atom is -0.494 e. The number of benzene rings is 1. The number of carbonyl (C=O) groups is 2. The van der Waals surface area contributed by atoms with Gasteiger partial charge < -0.3 is 15.2 Å². The molecule has 0 radical (unpaired) electrons. The van der Waals surface area contributed by atoms with Crippen LogP contribution in [0.15, 0.2) is 24.3 Å². The van der Waals surface area contributed by atoms with Crippen LogP contribution in [-0.4, -0.2) is 41.7 Å². The summed E-state index contributed by atoms with van der Waals surface area (Å²) in [4.78, 5) is 26.0. The minimum atomic E-state index is -1.03. The van der Waals surface area contributed by atoms with Crippen molar-refractivity contribution in [3.63, 3.8) is 0 Å². The van der Waals surface area contributed by atoms with Crippen molar-refractivity contribution in [2.75, 3.05) is 19.8 Å². The van der Waals surface area contributed by atoms with Crippen LogP contribution < -0.4 is 10.1 Å². The third-order valence-electron chi connectivity index (χ3n) is 3.90. The Kier molecular flexibility index (Phi) is 5.03. The van der Waals surface area contributed by atoms with Crippen molar-refractivity contribution in [3.8, 4) is 5.75 Å². The molecule has 1 aromatic carbocycles. The van der Waals surface area contributed by atoms with Gasteiger partial charge in [-0.1, -0.05) is 19.1 Å². The predicted octanol–water partition coefficient (Wildman–Crippen LogP) is 1.62. The first-order chi connectivity index (χ1) is 10.6. The number of urea groups is 1. The third kappa shape index (κ3) is 2.78. The highest BCUT2D eigenvalue weighted by Crippen LogP contribution is 2.33. The molecule has 1 atom stereocenters. The van der Waals surface area contributed by atoms with Crippen molar-refractivity contribution in [3.05, 3.63) is 29.8 Å². The van der Waals surface area contributed by atoms with Gasteiger partial charge in [-0.3, -0.25) is 9.69 Å². The van der Waals surface area contributed by atoms with E-state index < -0.39 is 11.6 Å². The first-order valence-electron chi connectivity index (χ1n) is 7.57. The number of hydrogen-bond acceptors (Lipinski definition) is 4. The van der Waals surface area contributed by atoms with Crippen LogP contribution >= 0.6 is 0 Å². The summed E-state index contributed by atoms with van der Waals surface area (Å²) in [5, 5.41) is 11.7. The van der Waals surface area contributed by atoms with E-state index in [0.29, 0.717) is 19.4 Å². The fraction of sp³-hybridized carbons (Fsp3) is 0.500. The number of imide groups is 1. The van der Waals surface area contributed by atoms with Gasteiger partial charge in [-0.05, 0) is 37.5 Å². The zero-order valence-corrected chi connectivity index (χ0v) is 13.0. The van der Waals surface area contributed by atoms with Crippen molar-refractivity contribution in [1.82, 2.24) is 10.2 Å². The van der Waals surface area contributed by atoms with Gasteiger partial charge >= 0.3 is 6.03 Å². The van der Waals surface area contributed by atoms with E-state index in [1.807, 2.05) is 26.0 Å². The van der Waals surface area contributed by atoms with Crippen LogP contribution in [0, 0.1) is 0 Å². The Morgan fingerprint density at radius 3 is 2.45 bits per heavy atom. The molecule has 6 heteroatoms. The largest absolute Gasteiger partial charge is 0.494 e. The lowest BCUT2D eigenvalue weighted by Crippen LogP contribution is -2.43. The van der Waals surface area contributed by atoms with Gasteiger partial charge in [-0.15, -0.1) is 0 Å². The fourth-order valence-electron chi connectivity index (χ4n) is 2.70. The second-order valence-corrected chi connectivity index (χ2v) is 5.18. The maximum absolute atomic E-state index is 12.7. The Labute approximate surface area is 130 Å². The first-order valence-corrected chi connectivity index (χ1v) is 7.57. The summed E-state index contributed by atoms with van der Waals surface area (Å²) in [5.74, 6) is 0.462. The van der Waals surface area contributed by atoms with E-state index in [-0.39, 0.29) is 19.1 Å². The fourth-order valence-corrected chi connectivity index (χ4v) is 2.70. The Morgan fingerprint density at radius 1 is 1.23 bits per heavy atom. The molecule has 0 saturated carbocycles. The summed E-state index contributed by atoms with van der Waals surface area (Å²) in [6, 6.07) is 6.80. The van der Waals surface area contributed by atoms with E-state index >= 15 is 0 Å². The lowest BCUT2D eigenvalue weighted by atomic mass is 9.87. The summed E-state index contributed by atoms with van der Waals surface area (Å²) in [5.41, 5.74) is -0.291. The zero-order valence-electron chi connectivity index (χ0n) is 13.0. The summed E-state index contributed by atoms with van der Waals surface area (Å²) >= 11 is 0. The normalized spacial score (nSPS) is 21.1. The summed E-state index contributed by atoms with van der Waals surface area (Å²) in [6.45, 7) is 4.51. The van der Waals surface area contributed by atoms with Crippen molar-refractivity contribution < 1.29 is 19.4 Å². The number of hydrogen-bond donors (Lipinski definition) is 2. The second-order valence-electron chi connectivity index (χ2n) is 5.18. The number of aliphatic hydroxyl groups excluding tert-OH is 1. The van der Waals surface area contributed by atoms with Crippen molar-refractivity contribution in [1.29, 1.82) is 0 Å². The third-order valence-corrected chi connectivity index (χ3v) is 3.90. The summed E-state index contributed by atoms with van der Waals surface area (Å²) in [6.07, 6.45) is 0.837. The number of nitrogens with one attached hydrogen (secondary N) is 1. The molecule has 0 bridgehead atoms. The molecule has 0 spiro atoms. The number of rotatable bonds is 7. The van der Waals surface area contributed by atoms with Crippen molar-refractivity contribution in [2.45, 2.75) is 32.2 Å². The number of aliphatic hydroxyl groups is 1. The quantitative estimate of drug-likeness (QED) is 0.750. The average molecular weight is 306 g/mol. The minimum absolute atomic E-state index is 0.0563. The van der Waals surface area contributed by atoms with Gasteiger partial charge in [0.2, 0.25) is 0 Å². The van der Waals surface area contributed by atoms with E-state index in [1.165, 1.54) is 4.90 Å². The summed E-state index contributed by atoms with van der Waals surface area (Å²) < 4.78 is 5.40. The lowest BCUT2D eigenvalue weighted by molar-refractivity contribution is -0.131. The molecule has 1 aromatic rings. The predicted molar refractivity (Wildman–Crippen MR) is 81.5 cm³/mol. The number of carbonyl (C=O) groups excluding carboxylic acids is 2. The van der Waals surface area contributed by atoms with Crippen LogP contribution in [0.3, 0.4) is 0 Å². The maximum atomic E-state index is 12.7. The zero-order chi connectivity index (χ0) is 16.2. The Hall–Kier alpha value is -2.08. The van der Waals surface area contributed by atoms with Gasteiger partial charge in [-0.2, -0.15) is 0 Å². The topological polar surface area (TPSA) is 78.9 Å². The Bertz CT molecular complexity index is 544. The van der Waals surface area contributed by atoms with Crippen molar-refractivity contribution in [2.24, 2.45) is 0 Å². The van der Waals surface area contributed by atoms with Crippen LogP contribution in [-0.2, 0) is 10.3 Å². The number of nitrogens with zero attached hydrogens (tertiary/aromatic N) is 1. The molecular weight excluding hydrogens is 284 g/mol. The average Bonchev–Trinajstić information content (AvgIpc) is 2.78.